The lowest BCUT2D eigenvalue weighted by molar-refractivity contribution is 0.102. The fraction of sp³-hybridized carbons (Fsp3) is 0.350. The molecule has 1 saturated heterocycles. The van der Waals surface area contributed by atoms with Crippen LogP contribution in [0.25, 0.3) is 0 Å². The number of benzene rings is 2. The molecule has 1 fully saturated rings. The molecule has 0 bridgehead atoms. The summed E-state index contributed by atoms with van der Waals surface area (Å²) in [5.74, 6) is -0.396. The Morgan fingerprint density at radius 1 is 0.967 bits per heavy atom. The van der Waals surface area contributed by atoms with Crippen molar-refractivity contribution >= 4 is 37.3 Å². The van der Waals surface area contributed by atoms with Gasteiger partial charge >= 0.3 is 0 Å². The summed E-state index contributed by atoms with van der Waals surface area (Å²) in [4.78, 5) is 12.7. The minimum absolute atomic E-state index is 0.0186. The Morgan fingerprint density at radius 3 is 2.07 bits per heavy atom. The molecule has 0 radical (unpaired) electrons. The van der Waals surface area contributed by atoms with Crippen molar-refractivity contribution in [1.29, 1.82) is 0 Å². The van der Waals surface area contributed by atoms with E-state index < -0.39 is 20.0 Å². The van der Waals surface area contributed by atoms with Gasteiger partial charge in [0.05, 0.1) is 16.3 Å². The molecule has 1 heterocycles. The van der Waals surface area contributed by atoms with Gasteiger partial charge in [0.15, 0.2) is 0 Å². The zero-order valence-electron chi connectivity index (χ0n) is 16.9. The van der Waals surface area contributed by atoms with Gasteiger partial charge < -0.3 is 5.32 Å². The maximum Gasteiger partial charge on any atom is 0.255 e. The second-order valence-corrected chi connectivity index (χ2v) is 11.2. The molecular formula is C20H25N3O5S2. The molecule has 2 aromatic rings. The Hall–Kier alpha value is -2.43. The molecule has 1 amide bonds. The summed E-state index contributed by atoms with van der Waals surface area (Å²) in [6.07, 6.45) is 1.73. The Balaban J connectivity index is 1.69. The van der Waals surface area contributed by atoms with Crippen molar-refractivity contribution in [1.82, 2.24) is 4.31 Å². The van der Waals surface area contributed by atoms with Crippen molar-refractivity contribution in [2.24, 2.45) is 0 Å². The third-order valence-corrected chi connectivity index (χ3v) is 8.78. The summed E-state index contributed by atoms with van der Waals surface area (Å²) >= 11 is 0. The van der Waals surface area contributed by atoms with Crippen molar-refractivity contribution in [2.75, 3.05) is 35.5 Å². The van der Waals surface area contributed by atoms with Crippen molar-refractivity contribution in [3.63, 3.8) is 0 Å². The van der Waals surface area contributed by atoms with Gasteiger partial charge in [-0.1, -0.05) is 0 Å². The first-order valence-corrected chi connectivity index (χ1v) is 12.7. The van der Waals surface area contributed by atoms with Crippen molar-refractivity contribution in [2.45, 2.75) is 24.7 Å². The summed E-state index contributed by atoms with van der Waals surface area (Å²) in [5, 5.41) is 2.72. The quantitative estimate of drug-likeness (QED) is 0.697. The van der Waals surface area contributed by atoms with Gasteiger partial charge in [-0.3, -0.25) is 9.10 Å². The minimum Gasteiger partial charge on any atom is -0.322 e. The maximum absolute atomic E-state index is 12.6. The number of amides is 1. The number of hydrogen-bond donors (Lipinski definition) is 1. The van der Waals surface area contributed by atoms with Gasteiger partial charge in [-0.05, 0) is 68.3 Å². The highest BCUT2D eigenvalue weighted by Crippen LogP contribution is 2.23. The lowest BCUT2D eigenvalue weighted by atomic mass is 10.2. The second-order valence-electron chi connectivity index (χ2n) is 7.00. The van der Waals surface area contributed by atoms with Crippen molar-refractivity contribution in [3.05, 3.63) is 54.1 Å². The first-order chi connectivity index (χ1) is 14.1. The van der Waals surface area contributed by atoms with Crippen LogP contribution in [0.2, 0.25) is 0 Å². The highest BCUT2D eigenvalue weighted by Gasteiger charge is 2.27. The van der Waals surface area contributed by atoms with Crippen LogP contribution >= 0.6 is 0 Å². The molecule has 0 saturated carbocycles. The van der Waals surface area contributed by atoms with Crippen LogP contribution in [0.4, 0.5) is 11.4 Å². The highest BCUT2D eigenvalue weighted by molar-refractivity contribution is 7.92. The number of rotatable bonds is 7. The minimum atomic E-state index is -3.50. The Bertz CT molecular complexity index is 1110. The smallest absolute Gasteiger partial charge is 0.255 e. The number of anilines is 2. The third kappa shape index (κ3) is 4.66. The van der Waals surface area contributed by atoms with Crippen LogP contribution in [0.5, 0.6) is 0 Å². The SMILES string of the molecule is CCS(=O)(=O)N(C)c1ccc(C(=O)Nc2ccc(S(=O)(=O)N3CCCC3)cc2)cc1. The summed E-state index contributed by atoms with van der Waals surface area (Å²) in [7, 11) is -5.41. The van der Waals surface area contributed by atoms with E-state index in [1.165, 1.54) is 27.8 Å². The standard InChI is InChI=1S/C20H25N3O5S2/c1-3-29(25,26)22(2)18-10-6-16(7-11-18)20(24)21-17-8-12-19(13-9-17)30(27,28)23-14-4-5-15-23/h6-13H,3-5,14-15H2,1-2H3,(H,21,24). The molecule has 0 aliphatic carbocycles. The van der Waals surface area contributed by atoms with Crippen LogP contribution in [0.1, 0.15) is 30.1 Å². The summed E-state index contributed by atoms with van der Waals surface area (Å²) in [5.41, 5.74) is 1.29. The summed E-state index contributed by atoms with van der Waals surface area (Å²) in [6.45, 7) is 2.63. The number of carbonyl (C=O) groups excluding carboxylic acids is 1. The fourth-order valence-corrected chi connectivity index (χ4v) is 5.52. The van der Waals surface area contributed by atoms with E-state index in [1.807, 2.05) is 0 Å². The van der Waals surface area contributed by atoms with Crippen molar-refractivity contribution in [3.8, 4) is 0 Å². The van der Waals surface area contributed by atoms with Crippen LogP contribution in [0, 0.1) is 0 Å². The fourth-order valence-electron chi connectivity index (χ4n) is 3.17. The largest absolute Gasteiger partial charge is 0.322 e. The average Bonchev–Trinajstić information content (AvgIpc) is 3.29. The third-order valence-electron chi connectivity index (χ3n) is 5.09. The van der Waals surface area contributed by atoms with Gasteiger partial charge in [0.25, 0.3) is 5.91 Å². The lowest BCUT2D eigenvalue weighted by Crippen LogP contribution is -2.28. The molecule has 162 valence electrons. The van der Waals surface area contributed by atoms with Crippen LogP contribution < -0.4 is 9.62 Å². The van der Waals surface area contributed by atoms with Gasteiger partial charge in [-0.15, -0.1) is 0 Å². The summed E-state index contributed by atoms with van der Waals surface area (Å²) < 4.78 is 51.7. The maximum atomic E-state index is 12.6. The van der Waals surface area contributed by atoms with E-state index >= 15 is 0 Å². The van der Waals surface area contributed by atoms with Gasteiger partial charge in [0.1, 0.15) is 0 Å². The molecule has 30 heavy (non-hydrogen) atoms. The lowest BCUT2D eigenvalue weighted by Gasteiger charge is -2.18. The topological polar surface area (TPSA) is 104 Å². The molecular weight excluding hydrogens is 426 g/mol. The molecule has 1 aliphatic heterocycles. The van der Waals surface area contributed by atoms with Crippen molar-refractivity contribution < 1.29 is 21.6 Å². The molecule has 0 atom stereocenters. The van der Waals surface area contributed by atoms with E-state index in [-0.39, 0.29) is 16.6 Å². The molecule has 8 nitrogen and oxygen atoms in total. The number of nitrogens with one attached hydrogen (secondary N) is 1. The van der Waals surface area contributed by atoms with Crippen LogP contribution in [-0.4, -0.2) is 52.9 Å². The van der Waals surface area contributed by atoms with Crippen LogP contribution in [0.3, 0.4) is 0 Å². The van der Waals surface area contributed by atoms with E-state index in [1.54, 1.807) is 43.3 Å². The van der Waals surface area contributed by atoms with E-state index in [0.717, 1.165) is 12.8 Å². The second kappa shape index (κ2) is 8.75. The molecule has 1 aliphatic rings. The molecule has 0 unspecified atom stereocenters. The zero-order valence-corrected chi connectivity index (χ0v) is 18.5. The number of hydrogen-bond acceptors (Lipinski definition) is 5. The van der Waals surface area contributed by atoms with E-state index in [0.29, 0.717) is 30.0 Å². The number of carbonyl (C=O) groups is 1. The first kappa shape index (κ1) is 22.3. The molecule has 10 heteroatoms. The number of nitrogens with zero attached hydrogens (tertiary/aromatic N) is 2. The number of sulfonamides is 2. The van der Waals surface area contributed by atoms with Gasteiger partial charge in [0, 0.05) is 31.4 Å². The van der Waals surface area contributed by atoms with Gasteiger partial charge in [-0.25, -0.2) is 16.8 Å². The highest BCUT2D eigenvalue weighted by atomic mass is 32.2. The predicted molar refractivity (Wildman–Crippen MR) is 117 cm³/mol. The molecule has 0 aromatic heterocycles. The Kier molecular flexibility index (Phi) is 6.49. The predicted octanol–water partition coefficient (Wildman–Crippen LogP) is 2.51. The molecule has 1 N–H and O–H groups in total. The summed E-state index contributed by atoms with van der Waals surface area (Å²) in [6, 6.07) is 12.3. The van der Waals surface area contributed by atoms with E-state index in [9.17, 15) is 21.6 Å². The molecule has 0 spiro atoms. The van der Waals surface area contributed by atoms with E-state index in [2.05, 4.69) is 5.32 Å². The molecule has 2 aromatic carbocycles. The Labute approximate surface area is 177 Å². The Morgan fingerprint density at radius 2 is 1.53 bits per heavy atom. The monoisotopic (exact) mass is 451 g/mol. The average molecular weight is 452 g/mol. The van der Waals surface area contributed by atoms with Crippen LogP contribution in [0.15, 0.2) is 53.4 Å². The zero-order chi connectivity index (χ0) is 21.9. The van der Waals surface area contributed by atoms with Gasteiger partial charge in [-0.2, -0.15) is 4.31 Å². The molecule has 3 rings (SSSR count). The van der Waals surface area contributed by atoms with Crippen LogP contribution in [-0.2, 0) is 20.0 Å². The normalized spacial score (nSPS) is 15.1. The van der Waals surface area contributed by atoms with E-state index in [4.69, 9.17) is 0 Å². The first-order valence-electron chi connectivity index (χ1n) is 9.63. The van der Waals surface area contributed by atoms with Gasteiger partial charge in [0.2, 0.25) is 20.0 Å².